The van der Waals surface area contributed by atoms with E-state index in [1.807, 2.05) is 0 Å². The van der Waals surface area contributed by atoms with Gasteiger partial charge in [0.15, 0.2) is 0 Å². The number of hydrogen-bond acceptors (Lipinski definition) is 3. The average molecular weight is 232 g/mol. The molecule has 0 fully saturated rings. The molecule has 0 amide bonds. The highest BCUT2D eigenvalue weighted by Crippen LogP contribution is 2.00. The Morgan fingerprint density at radius 3 is 1.31 bits per heavy atom. The monoisotopic (exact) mass is 232 g/mol. The third-order valence-electron chi connectivity index (χ3n) is 1.96. The Kier molecular flexibility index (Phi) is 13.8. The van der Waals surface area contributed by atoms with Gasteiger partial charge in [0.05, 0.1) is 0 Å². The zero-order chi connectivity index (χ0) is 13.0. The first-order chi connectivity index (χ1) is 7.36. The summed E-state index contributed by atoms with van der Waals surface area (Å²) in [6.45, 7) is 3.56. The second-order valence-electron chi connectivity index (χ2n) is 4.54. The van der Waals surface area contributed by atoms with E-state index < -0.39 is 5.97 Å². The Hall–Kier alpha value is -0.610. The van der Waals surface area contributed by atoms with Gasteiger partial charge in [0.2, 0.25) is 0 Å². The Bertz CT molecular complexity index is 143. The molecule has 0 atom stereocenters. The Morgan fingerprint density at radius 1 is 0.875 bits per heavy atom. The average Bonchev–Trinajstić information content (AvgIpc) is 2.09. The zero-order valence-electron chi connectivity index (χ0n) is 11.5. The summed E-state index contributed by atoms with van der Waals surface area (Å²) in [6.07, 6.45) is 5.46. The smallest absolute Gasteiger partial charge is 0.300 e. The number of hydrogen-bond donors (Lipinski definition) is 1. The first-order valence-corrected chi connectivity index (χ1v) is 5.85. The molecule has 0 rings (SSSR count). The third kappa shape index (κ3) is 29.2. The maximum absolute atomic E-state index is 9.00. The fourth-order valence-electron chi connectivity index (χ4n) is 1.21. The predicted molar refractivity (Wildman–Crippen MR) is 68.9 cm³/mol. The van der Waals surface area contributed by atoms with Crippen molar-refractivity contribution in [3.05, 3.63) is 0 Å². The van der Waals surface area contributed by atoms with Crippen LogP contribution in [0.3, 0.4) is 0 Å². The van der Waals surface area contributed by atoms with Crippen molar-refractivity contribution in [3.63, 3.8) is 0 Å². The largest absolute Gasteiger partial charge is 0.481 e. The molecule has 0 aromatic carbocycles. The standard InChI is InChI=1S/C10H24N2.C2H4O2/c1-11(2)9-7-5-6-8-10-12(3)4;1-2(3)4/h5-10H2,1-4H3;1H3,(H,3,4). The van der Waals surface area contributed by atoms with Gasteiger partial charge >= 0.3 is 0 Å². The number of nitrogens with zero attached hydrogens (tertiary/aromatic N) is 2. The Labute approximate surface area is 100 Å². The van der Waals surface area contributed by atoms with Crippen molar-refractivity contribution in [1.29, 1.82) is 0 Å². The Morgan fingerprint density at radius 2 is 1.12 bits per heavy atom. The molecule has 0 aliphatic carbocycles. The zero-order valence-corrected chi connectivity index (χ0v) is 11.5. The van der Waals surface area contributed by atoms with Crippen LogP contribution in [0, 0.1) is 0 Å². The van der Waals surface area contributed by atoms with Crippen molar-refractivity contribution in [2.24, 2.45) is 0 Å². The normalized spacial score (nSPS) is 10.2. The lowest BCUT2D eigenvalue weighted by Crippen LogP contribution is -2.14. The summed E-state index contributed by atoms with van der Waals surface area (Å²) in [7, 11) is 8.55. The van der Waals surface area contributed by atoms with Gasteiger partial charge in [-0.1, -0.05) is 12.8 Å². The highest BCUT2D eigenvalue weighted by atomic mass is 16.4. The molecule has 16 heavy (non-hydrogen) atoms. The van der Waals surface area contributed by atoms with E-state index in [9.17, 15) is 0 Å². The summed E-state index contributed by atoms with van der Waals surface area (Å²) in [4.78, 5) is 13.5. The van der Waals surface area contributed by atoms with Crippen molar-refractivity contribution in [1.82, 2.24) is 9.80 Å². The van der Waals surface area contributed by atoms with E-state index in [1.165, 1.54) is 38.8 Å². The van der Waals surface area contributed by atoms with Gasteiger partial charge in [-0.3, -0.25) is 4.79 Å². The lowest BCUT2D eigenvalue weighted by Gasteiger charge is -2.10. The molecule has 0 bridgehead atoms. The molecule has 0 aromatic heterocycles. The number of carboxylic acids is 1. The second kappa shape index (κ2) is 12.5. The predicted octanol–water partition coefficient (Wildman–Crippen LogP) is 1.76. The van der Waals surface area contributed by atoms with E-state index in [2.05, 4.69) is 38.0 Å². The van der Waals surface area contributed by atoms with Crippen LogP contribution >= 0.6 is 0 Å². The van der Waals surface area contributed by atoms with Crippen molar-refractivity contribution < 1.29 is 9.90 Å². The van der Waals surface area contributed by atoms with Gasteiger partial charge < -0.3 is 14.9 Å². The van der Waals surface area contributed by atoms with Gasteiger partial charge in [0.25, 0.3) is 5.97 Å². The van der Waals surface area contributed by atoms with Gasteiger partial charge in [-0.15, -0.1) is 0 Å². The first kappa shape index (κ1) is 17.8. The molecule has 0 heterocycles. The van der Waals surface area contributed by atoms with Crippen LogP contribution in [-0.2, 0) is 4.79 Å². The minimum Gasteiger partial charge on any atom is -0.481 e. The lowest BCUT2D eigenvalue weighted by atomic mass is 10.2. The topological polar surface area (TPSA) is 43.8 Å². The number of aliphatic carboxylic acids is 1. The summed E-state index contributed by atoms with van der Waals surface area (Å²) in [5.74, 6) is -0.833. The molecule has 0 saturated heterocycles. The molecule has 0 aromatic rings. The highest BCUT2D eigenvalue weighted by molar-refractivity contribution is 5.62. The maximum Gasteiger partial charge on any atom is 0.300 e. The van der Waals surface area contributed by atoms with E-state index in [1.54, 1.807) is 0 Å². The minimum atomic E-state index is -0.833. The number of carbonyl (C=O) groups is 1. The van der Waals surface area contributed by atoms with Crippen molar-refractivity contribution in [2.75, 3.05) is 41.3 Å². The number of carboxylic acid groups (broad SMARTS) is 1. The van der Waals surface area contributed by atoms with E-state index in [4.69, 9.17) is 9.90 Å². The van der Waals surface area contributed by atoms with E-state index >= 15 is 0 Å². The summed E-state index contributed by atoms with van der Waals surface area (Å²) in [5.41, 5.74) is 0. The minimum absolute atomic E-state index is 0.833. The molecule has 1 N–H and O–H groups in total. The lowest BCUT2D eigenvalue weighted by molar-refractivity contribution is -0.134. The van der Waals surface area contributed by atoms with Crippen LogP contribution in [0.1, 0.15) is 32.6 Å². The molecule has 0 spiro atoms. The fraction of sp³-hybridized carbons (Fsp3) is 0.917. The summed E-state index contributed by atoms with van der Waals surface area (Å²) in [6, 6.07) is 0. The summed E-state index contributed by atoms with van der Waals surface area (Å²) >= 11 is 0. The van der Waals surface area contributed by atoms with Crippen molar-refractivity contribution in [2.45, 2.75) is 32.6 Å². The molecule has 0 unspecified atom stereocenters. The van der Waals surface area contributed by atoms with E-state index in [0.717, 1.165) is 6.92 Å². The molecule has 98 valence electrons. The van der Waals surface area contributed by atoms with Crippen LogP contribution in [0.15, 0.2) is 0 Å². The second-order valence-corrected chi connectivity index (χ2v) is 4.54. The Balaban J connectivity index is 0. The van der Waals surface area contributed by atoms with Gasteiger partial charge in [-0.05, 0) is 54.1 Å². The van der Waals surface area contributed by atoms with Crippen molar-refractivity contribution in [3.8, 4) is 0 Å². The maximum atomic E-state index is 9.00. The quantitative estimate of drug-likeness (QED) is 0.679. The summed E-state index contributed by atoms with van der Waals surface area (Å²) in [5, 5.41) is 7.42. The van der Waals surface area contributed by atoms with Gasteiger partial charge in [-0.2, -0.15) is 0 Å². The van der Waals surface area contributed by atoms with Crippen LogP contribution in [0.25, 0.3) is 0 Å². The molecular weight excluding hydrogens is 204 g/mol. The van der Waals surface area contributed by atoms with Gasteiger partial charge in [0, 0.05) is 6.92 Å². The molecule has 4 heteroatoms. The molecule has 0 aliphatic heterocycles. The van der Waals surface area contributed by atoms with Crippen LogP contribution in [0.5, 0.6) is 0 Å². The molecule has 0 radical (unpaired) electrons. The highest BCUT2D eigenvalue weighted by Gasteiger charge is 1.93. The van der Waals surface area contributed by atoms with Crippen LogP contribution < -0.4 is 0 Å². The fourth-order valence-corrected chi connectivity index (χ4v) is 1.21. The van der Waals surface area contributed by atoms with Crippen LogP contribution in [0.4, 0.5) is 0 Å². The van der Waals surface area contributed by atoms with E-state index in [-0.39, 0.29) is 0 Å². The van der Waals surface area contributed by atoms with Gasteiger partial charge in [-0.25, -0.2) is 0 Å². The van der Waals surface area contributed by atoms with Gasteiger partial charge in [0.1, 0.15) is 0 Å². The SMILES string of the molecule is CC(=O)O.CN(C)CCCCCCN(C)C. The van der Waals surface area contributed by atoms with Crippen molar-refractivity contribution >= 4 is 5.97 Å². The van der Waals surface area contributed by atoms with Crippen LogP contribution in [0.2, 0.25) is 0 Å². The number of rotatable bonds is 7. The molecule has 4 nitrogen and oxygen atoms in total. The first-order valence-electron chi connectivity index (χ1n) is 5.85. The van der Waals surface area contributed by atoms with Crippen LogP contribution in [-0.4, -0.2) is 62.2 Å². The third-order valence-corrected chi connectivity index (χ3v) is 1.96. The van der Waals surface area contributed by atoms with E-state index in [0.29, 0.717) is 0 Å². The molecular formula is C12H28N2O2. The molecule has 0 aliphatic rings. The molecule has 0 saturated carbocycles. The number of unbranched alkanes of at least 4 members (excludes halogenated alkanes) is 3. The summed E-state index contributed by atoms with van der Waals surface area (Å²) < 4.78 is 0.